The second-order valence-electron chi connectivity index (χ2n) is 3.81. The number of amides is 1. The molecule has 0 spiro atoms. The molecule has 1 atom stereocenters. The minimum absolute atomic E-state index is 0.0250. The van der Waals surface area contributed by atoms with Gasteiger partial charge in [-0.2, -0.15) is 0 Å². The Kier molecular flexibility index (Phi) is 4.46. The summed E-state index contributed by atoms with van der Waals surface area (Å²) < 4.78 is 5.04. The highest BCUT2D eigenvalue weighted by atomic mass is 16.6. The maximum atomic E-state index is 11.6. The van der Waals surface area contributed by atoms with E-state index in [1.807, 2.05) is 12.1 Å². The largest absolute Gasteiger partial charge is 0.368 e. The van der Waals surface area contributed by atoms with Crippen LogP contribution in [-0.2, 0) is 11.3 Å². The van der Waals surface area contributed by atoms with Crippen LogP contribution in [-0.4, -0.2) is 36.3 Å². The molecule has 0 bridgehead atoms. The Morgan fingerprint density at radius 2 is 1.94 bits per heavy atom. The van der Waals surface area contributed by atoms with Crippen LogP contribution in [0.5, 0.6) is 0 Å². The fraction of sp³-hybridized carbons (Fsp3) is 0.417. The van der Waals surface area contributed by atoms with Gasteiger partial charge in [-0.25, -0.2) is 0 Å². The van der Waals surface area contributed by atoms with Crippen molar-refractivity contribution in [3.8, 4) is 0 Å². The first kappa shape index (κ1) is 12.7. The topological polar surface area (TPSA) is 49.8 Å². The van der Waals surface area contributed by atoms with Gasteiger partial charge in [0.25, 0.3) is 5.91 Å². The average molecular weight is 223 g/mol. The molecule has 0 aromatic heterocycles. The summed E-state index contributed by atoms with van der Waals surface area (Å²) in [6, 6.07) is 7.14. The number of rotatable bonds is 4. The molecule has 0 heterocycles. The van der Waals surface area contributed by atoms with Crippen LogP contribution in [0.3, 0.4) is 0 Å². The van der Waals surface area contributed by atoms with Crippen LogP contribution in [0.15, 0.2) is 24.3 Å². The summed E-state index contributed by atoms with van der Waals surface area (Å²) in [5.74, 6) is -0.0250. The number of benzene rings is 1. The van der Waals surface area contributed by atoms with E-state index in [1.165, 1.54) is 4.90 Å². The third-order valence-corrected chi connectivity index (χ3v) is 2.10. The van der Waals surface area contributed by atoms with Crippen molar-refractivity contribution in [1.82, 2.24) is 4.90 Å². The SMILES string of the molecule is CC(O)OCc1ccc(C(=O)N(C)C)cc1. The molecule has 1 aromatic carbocycles. The molecule has 0 saturated heterocycles. The first-order valence-electron chi connectivity index (χ1n) is 5.11. The molecule has 16 heavy (non-hydrogen) atoms. The van der Waals surface area contributed by atoms with Crippen molar-refractivity contribution in [1.29, 1.82) is 0 Å². The van der Waals surface area contributed by atoms with Gasteiger partial charge in [0.1, 0.15) is 0 Å². The van der Waals surface area contributed by atoms with Gasteiger partial charge in [-0.3, -0.25) is 4.79 Å². The van der Waals surface area contributed by atoms with E-state index in [9.17, 15) is 4.79 Å². The van der Waals surface area contributed by atoms with Crippen molar-refractivity contribution in [3.05, 3.63) is 35.4 Å². The van der Waals surface area contributed by atoms with Crippen LogP contribution in [0.1, 0.15) is 22.8 Å². The van der Waals surface area contributed by atoms with Crippen LogP contribution < -0.4 is 0 Å². The van der Waals surface area contributed by atoms with Crippen LogP contribution in [0.2, 0.25) is 0 Å². The van der Waals surface area contributed by atoms with Gasteiger partial charge in [-0.05, 0) is 24.6 Å². The predicted molar refractivity (Wildman–Crippen MR) is 60.9 cm³/mol. The lowest BCUT2D eigenvalue weighted by molar-refractivity contribution is -0.0939. The molecule has 1 unspecified atom stereocenters. The second kappa shape index (κ2) is 5.63. The van der Waals surface area contributed by atoms with Crippen molar-refractivity contribution in [3.63, 3.8) is 0 Å². The number of hydrogen-bond acceptors (Lipinski definition) is 3. The van der Waals surface area contributed by atoms with Crippen molar-refractivity contribution in [2.24, 2.45) is 0 Å². The summed E-state index contributed by atoms with van der Waals surface area (Å²) in [7, 11) is 3.43. The molecule has 0 aliphatic heterocycles. The Bertz CT molecular complexity index is 344. The highest BCUT2D eigenvalue weighted by Crippen LogP contribution is 2.08. The maximum Gasteiger partial charge on any atom is 0.253 e. The minimum atomic E-state index is -0.775. The maximum absolute atomic E-state index is 11.6. The third-order valence-electron chi connectivity index (χ3n) is 2.10. The Morgan fingerprint density at radius 1 is 1.38 bits per heavy atom. The molecule has 0 fully saturated rings. The van der Waals surface area contributed by atoms with Gasteiger partial charge < -0.3 is 14.7 Å². The van der Waals surface area contributed by atoms with E-state index >= 15 is 0 Å². The standard InChI is InChI=1S/C12H17NO3/c1-9(14)16-8-10-4-6-11(7-5-10)12(15)13(2)3/h4-7,9,14H,8H2,1-3H3. The molecule has 0 radical (unpaired) electrons. The zero-order valence-electron chi connectivity index (χ0n) is 9.80. The molecular weight excluding hydrogens is 206 g/mol. The van der Waals surface area contributed by atoms with E-state index in [4.69, 9.17) is 9.84 Å². The highest BCUT2D eigenvalue weighted by molar-refractivity contribution is 5.93. The lowest BCUT2D eigenvalue weighted by Gasteiger charge is -2.11. The predicted octanol–water partition coefficient (Wildman–Crippen LogP) is 1.24. The monoisotopic (exact) mass is 223 g/mol. The Morgan fingerprint density at radius 3 is 2.38 bits per heavy atom. The number of ether oxygens (including phenoxy) is 1. The number of carbonyl (C=O) groups is 1. The Labute approximate surface area is 95.5 Å². The van der Waals surface area contributed by atoms with Crippen LogP contribution in [0, 0.1) is 0 Å². The molecule has 4 nitrogen and oxygen atoms in total. The molecule has 0 aliphatic carbocycles. The number of hydrogen-bond donors (Lipinski definition) is 1. The van der Waals surface area contributed by atoms with Crippen molar-refractivity contribution in [2.75, 3.05) is 14.1 Å². The molecule has 1 amide bonds. The summed E-state index contributed by atoms with van der Waals surface area (Å²) in [6.45, 7) is 1.90. The van der Waals surface area contributed by atoms with Gasteiger partial charge in [-0.15, -0.1) is 0 Å². The zero-order valence-corrected chi connectivity index (χ0v) is 9.80. The van der Waals surface area contributed by atoms with Crippen molar-refractivity contribution < 1.29 is 14.6 Å². The molecule has 88 valence electrons. The van der Waals surface area contributed by atoms with E-state index in [0.717, 1.165) is 5.56 Å². The number of nitrogens with zero attached hydrogens (tertiary/aromatic N) is 1. The lowest BCUT2D eigenvalue weighted by atomic mass is 10.1. The van der Waals surface area contributed by atoms with E-state index in [0.29, 0.717) is 12.2 Å². The van der Waals surface area contributed by atoms with Gasteiger partial charge >= 0.3 is 0 Å². The van der Waals surface area contributed by atoms with E-state index < -0.39 is 6.29 Å². The summed E-state index contributed by atoms with van der Waals surface area (Å²) in [4.78, 5) is 13.1. The molecule has 1 rings (SSSR count). The highest BCUT2D eigenvalue weighted by Gasteiger charge is 2.07. The summed E-state index contributed by atoms with van der Waals surface area (Å²) in [5, 5.41) is 8.95. The fourth-order valence-electron chi connectivity index (χ4n) is 1.22. The van der Waals surface area contributed by atoms with E-state index in [-0.39, 0.29) is 5.91 Å². The fourth-order valence-corrected chi connectivity index (χ4v) is 1.22. The first-order chi connectivity index (χ1) is 7.50. The third kappa shape index (κ3) is 3.64. The van der Waals surface area contributed by atoms with Gasteiger partial charge in [0.2, 0.25) is 0 Å². The molecular formula is C12H17NO3. The molecule has 0 saturated carbocycles. The number of aliphatic hydroxyl groups excluding tert-OH is 1. The quantitative estimate of drug-likeness (QED) is 0.781. The van der Waals surface area contributed by atoms with Gasteiger partial charge in [0, 0.05) is 19.7 Å². The first-order valence-corrected chi connectivity index (χ1v) is 5.11. The van der Waals surface area contributed by atoms with E-state index in [2.05, 4.69) is 0 Å². The van der Waals surface area contributed by atoms with Crippen molar-refractivity contribution >= 4 is 5.91 Å². The second-order valence-corrected chi connectivity index (χ2v) is 3.81. The van der Waals surface area contributed by atoms with Crippen LogP contribution >= 0.6 is 0 Å². The van der Waals surface area contributed by atoms with Crippen LogP contribution in [0.25, 0.3) is 0 Å². The molecule has 1 N–H and O–H groups in total. The number of carbonyl (C=O) groups excluding carboxylic acids is 1. The van der Waals surface area contributed by atoms with Gasteiger partial charge in [-0.1, -0.05) is 12.1 Å². The lowest BCUT2D eigenvalue weighted by Crippen LogP contribution is -2.21. The summed E-state index contributed by atoms with van der Waals surface area (Å²) in [6.07, 6.45) is -0.775. The Hall–Kier alpha value is -1.39. The summed E-state index contributed by atoms with van der Waals surface area (Å²) >= 11 is 0. The molecule has 4 heteroatoms. The molecule has 0 aliphatic rings. The van der Waals surface area contributed by atoms with Crippen LogP contribution in [0.4, 0.5) is 0 Å². The number of aliphatic hydroxyl groups is 1. The van der Waals surface area contributed by atoms with Gasteiger partial charge in [0.15, 0.2) is 6.29 Å². The smallest absolute Gasteiger partial charge is 0.253 e. The minimum Gasteiger partial charge on any atom is -0.368 e. The summed E-state index contributed by atoms with van der Waals surface area (Å²) in [5.41, 5.74) is 1.57. The van der Waals surface area contributed by atoms with Gasteiger partial charge in [0.05, 0.1) is 6.61 Å². The zero-order chi connectivity index (χ0) is 12.1. The normalized spacial score (nSPS) is 12.2. The Balaban J connectivity index is 2.64. The van der Waals surface area contributed by atoms with Crippen molar-refractivity contribution in [2.45, 2.75) is 19.8 Å². The molecule has 1 aromatic rings. The average Bonchev–Trinajstić information content (AvgIpc) is 2.26. The van der Waals surface area contributed by atoms with E-state index in [1.54, 1.807) is 33.2 Å².